The molecule has 3 fully saturated rings. The number of hydrogen-bond donors (Lipinski definition) is 2. The Bertz CT molecular complexity index is 1600. The summed E-state index contributed by atoms with van der Waals surface area (Å²) in [6, 6.07) is 6.70. The number of alkyl halides is 5. The summed E-state index contributed by atoms with van der Waals surface area (Å²) in [5.41, 5.74) is -0.326. The minimum Gasteiger partial charge on any atom is -0.508 e. The van der Waals surface area contributed by atoms with Crippen LogP contribution in [0.1, 0.15) is 24.3 Å². The Morgan fingerprint density at radius 1 is 0.952 bits per heavy atom. The summed E-state index contributed by atoms with van der Waals surface area (Å²) < 4.78 is 57.0. The van der Waals surface area contributed by atoms with Crippen LogP contribution in [0.5, 0.6) is 11.5 Å². The van der Waals surface area contributed by atoms with Gasteiger partial charge in [0.05, 0.1) is 17.5 Å². The zero-order valence-electron chi connectivity index (χ0n) is 20.9. The van der Waals surface area contributed by atoms with Gasteiger partial charge in [-0.2, -0.15) is 5.06 Å². The van der Waals surface area contributed by atoms with Crippen molar-refractivity contribution in [2.75, 3.05) is 4.90 Å². The summed E-state index contributed by atoms with van der Waals surface area (Å²) in [5.74, 6) is -11.2. The normalized spacial score (nSPS) is 32.5. The number of phenols is 1. The third-order valence-corrected chi connectivity index (χ3v) is 9.83. The Labute approximate surface area is 243 Å². The molecule has 0 bridgehead atoms. The van der Waals surface area contributed by atoms with E-state index in [9.17, 15) is 47.1 Å². The quantitative estimate of drug-likeness (QED) is 0.170. The lowest BCUT2D eigenvalue weighted by Gasteiger charge is -2.50. The molecule has 0 spiro atoms. The van der Waals surface area contributed by atoms with Crippen molar-refractivity contribution in [1.29, 1.82) is 0 Å². The van der Waals surface area contributed by atoms with Gasteiger partial charge in [-0.1, -0.05) is 11.6 Å². The number of imide groups is 2. The molecule has 2 aromatic rings. The number of aromatic hydroxyl groups is 1. The van der Waals surface area contributed by atoms with Crippen LogP contribution in [0.2, 0.25) is 0 Å². The number of rotatable bonds is 3. The van der Waals surface area contributed by atoms with E-state index in [1.165, 1.54) is 6.08 Å². The van der Waals surface area contributed by atoms with Gasteiger partial charge in [-0.05, 0) is 61.2 Å². The molecule has 0 unspecified atom stereocenters. The van der Waals surface area contributed by atoms with E-state index in [0.29, 0.717) is 4.90 Å². The van der Waals surface area contributed by atoms with E-state index >= 15 is 0 Å². The number of hydroxylamine groups is 2. The maximum absolute atomic E-state index is 14.1. The lowest BCUT2D eigenvalue weighted by atomic mass is 9.56. The molecule has 0 aromatic heterocycles. The summed E-state index contributed by atoms with van der Waals surface area (Å²) in [7, 11) is 0. The van der Waals surface area contributed by atoms with Crippen molar-refractivity contribution >= 4 is 52.5 Å². The molecule has 1 saturated carbocycles. The first-order valence-electron chi connectivity index (χ1n) is 12.5. The van der Waals surface area contributed by atoms with E-state index in [1.807, 2.05) is 0 Å². The first kappa shape index (κ1) is 28.4. The van der Waals surface area contributed by atoms with Gasteiger partial charge >= 0.3 is 6.36 Å². The fourth-order valence-corrected chi connectivity index (χ4v) is 7.62. The monoisotopic (exact) mass is 628 g/mol. The molecule has 2 saturated heterocycles. The number of fused-ring (bicyclic) bond motifs is 4. The number of carbonyl (C=O) groups is 4. The lowest BCUT2D eigenvalue weighted by molar-refractivity contribution is -0.274. The van der Waals surface area contributed by atoms with Crippen LogP contribution < -0.4 is 9.64 Å². The van der Waals surface area contributed by atoms with Crippen molar-refractivity contribution in [3.8, 4) is 11.5 Å². The van der Waals surface area contributed by atoms with Crippen molar-refractivity contribution in [3.05, 3.63) is 65.5 Å². The van der Waals surface area contributed by atoms with Crippen LogP contribution in [0.15, 0.2) is 54.1 Å². The van der Waals surface area contributed by atoms with Gasteiger partial charge in [-0.3, -0.25) is 24.4 Å². The number of nitrogens with zero attached hydrogens (tertiary/aromatic N) is 2. The van der Waals surface area contributed by atoms with Gasteiger partial charge in [0.15, 0.2) is 9.75 Å². The Balaban J connectivity index is 1.59. The number of halogens is 6. The van der Waals surface area contributed by atoms with Crippen LogP contribution >= 0.6 is 23.2 Å². The van der Waals surface area contributed by atoms with Crippen LogP contribution in [0.4, 0.5) is 23.2 Å². The molecule has 42 heavy (non-hydrogen) atoms. The minimum absolute atomic E-state index is 0.0354. The van der Waals surface area contributed by atoms with E-state index < -0.39 is 87.1 Å². The SMILES string of the molecule is O=C1[C@H]2[C@H](CC=C3[C@H]2C[C@@]2(Cl)C(=O)N(c4ccc(F)cc4)C(=O)[C@@]2(Cl)[C@H]3c2cc(OC(F)(F)F)ccc2O)C(=O)N1O. The number of hydrogen-bond acceptors (Lipinski definition) is 7. The molecule has 2 aliphatic carbocycles. The highest BCUT2D eigenvalue weighted by Gasteiger charge is 2.77. The number of carbonyl (C=O) groups excluding carboxylic acids is 4. The molecule has 2 N–H and O–H groups in total. The molecular formula is C27H18Cl2F4N2O7. The number of ether oxygens (including phenoxy) is 1. The standard InChI is InChI=1S/C27H18Cl2F4N2O7/c28-25-10-17-14(6-7-15-19(17)22(38)35(41)21(15)37)20(16-9-13(5-8-18(16)36)42-27(31,32)33)26(25,29)24(40)34(23(25)39)12-3-1-11(30)2-4-12/h1-6,8-9,15,17,19-20,36,41H,7,10H2/t15-,17+,19-,20+,25+,26-/m0/s1. The average molecular weight is 629 g/mol. The van der Waals surface area contributed by atoms with Crippen molar-refractivity contribution in [2.24, 2.45) is 17.8 Å². The summed E-state index contributed by atoms with van der Waals surface area (Å²) in [6.45, 7) is 0. The lowest BCUT2D eigenvalue weighted by Crippen LogP contribution is -2.60. The highest BCUT2D eigenvalue weighted by Crippen LogP contribution is 2.66. The van der Waals surface area contributed by atoms with Gasteiger partial charge in [-0.25, -0.2) is 9.29 Å². The zero-order valence-corrected chi connectivity index (χ0v) is 22.5. The highest BCUT2D eigenvalue weighted by molar-refractivity contribution is 6.58. The van der Waals surface area contributed by atoms with E-state index in [-0.39, 0.29) is 28.3 Å². The molecule has 6 atom stereocenters. The van der Waals surface area contributed by atoms with Crippen LogP contribution in [-0.2, 0) is 19.2 Å². The van der Waals surface area contributed by atoms with Gasteiger partial charge in [0, 0.05) is 11.5 Å². The van der Waals surface area contributed by atoms with Crippen molar-refractivity contribution < 1.29 is 51.8 Å². The highest BCUT2D eigenvalue weighted by atomic mass is 35.5. The average Bonchev–Trinajstić information content (AvgIpc) is 3.23. The maximum Gasteiger partial charge on any atom is 0.573 e. The smallest absolute Gasteiger partial charge is 0.508 e. The number of allylic oxidation sites excluding steroid dienone is 2. The first-order valence-corrected chi connectivity index (χ1v) is 13.2. The third-order valence-electron chi connectivity index (χ3n) is 8.42. The second-order valence-corrected chi connectivity index (χ2v) is 11.7. The second-order valence-electron chi connectivity index (χ2n) is 10.5. The third kappa shape index (κ3) is 3.79. The zero-order chi connectivity index (χ0) is 30.5. The fourth-order valence-electron chi connectivity index (χ4n) is 6.69. The van der Waals surface area contributed by atoms with E-state index in [0.717, 1.165) is 42.5 Å². The number of benzene rings is 2. The van der Waals surface area contributed by atoms with Gasteiger partial charge in [0.2, 0.25) is 0 Å². The molecule has 4 aliphatic rings. The fraction of sp³-hybridized carbons (Fsp3) is 0.333. The Morgan fingerprint density at radius 2 is 1.62 bits per heavy atom. The molecule has 220 valence electrons. The molecule has 6 rings (SSSR count). The van der Waals surface area contributed by atoms with Crippen LogP contribution in [0.3, 0.4) is 0 Å². The molecule has 2 aromatic carbocycles. The molecule has 15 heteroatoms. The summed E-state index contributed by atoms with van der Waals surface area (Å²) in [4.78, 5) is 49.5. The summed E-state index contributed by atoms with van der Waals surface area (Å²) in [5, 5.41) is 21.0. The molecule has 0 radical (unpaired) electrons. The molecule has 9 nitrogen and oxygen atoms in total. The predicted octanol–water partition coefficient (Wildman–Crippen LogP) is 4.38. The molecule has 2 heterocycles. The molecule has 2 aliphatic heterocycles. The van der Waals surface area contributed by atoms with E-state index in [4.69, 9.17) is 23.2 Å². The van der Waals surface area contributed by atoms with Gasteiger partial charge in [0.1, 0.15) is 17.3 Å². The van der Waals surface area contributed by atoms with Crippen molar-refractivity contribution in [2.45, 2.75) is 34.9 Å². The summed E-state index contributed by atoms with van der Waals surface area (Å²) >= 11 is 14.1. The van der Waals surface area contributed by atoms with Gasteiger partial charge < -0.3 is 9.84 Å². The Morgan fingerprint density at radius 3 is 2.26 bits per heavy atom. The van der Waals surface area contributed by atoms with E-state index in [2.05, 4.69) is 4.74 Å². The predicted molar refractivity (Wildman–Crippen MR) is 135 cm³/mol. The van der Waals surface area contributed by atoms with Crippen molar-refractivity contribution in [3.63, 3.8) is 0 Å². The molecular weight excluding hydrogens is 611 g/mol. The number of amides is 4. The maximum atomic E-state index is 14.1. The van der Waals surface area contributed by atoms with Crippen molar-refractivity contribution in [1.82, 2.24) is 5.06 Å². The van der Waals surface area contributed by atoms with Crippen LogP contribution in [0, 0.1) is 23.6 Å². The first-order chi connectivity index (χ1) is 19.6. The second kappa shape index (κ2) is 9.16. The van der Waals surface area contributed by atoms with Gasteiger partial charge in [-0.15, -0.1) is 36.4 Å². The number of phenolic OH excluding ortho intramolecular Hbond substituents is 1. The van der Waals surface area contributed by atoms with Gasteiger partial charge in [0.25, 0.3) is 23.6 Å². The van der Waals surface area contributed by atoms with Crippen LogP contribution in [0.25, 0.3) is 0 Å². The molecule has 4 amide bonds. The number of anilines is 1. The van der Waals surface area contributed by atoms with Crippen LogP contribution in [-0.4, -0.2) is 55.1 Å². The minimum atomic E-state index is -5.13. The Hall–Kier alpha value is -3.68. The topological polar surface area (TPSA) is 124 Å². The Kier molecular flexibility index (Phi) is 6.20. The van der Waals surface area contributed by atoms with E-state index in [1.54, 1.807) is 0 Å². The largest absolute Gasteiger partial charge is 0.573 e. The summed E-state index contributed by atoms with van der Waals surface area (Å²) in [6.07, 6.45) is -4.29.